The van der Waals surface area contributed by atoms with E-state index >= 15 is 0 Å². The molecule has 20 nitrogen and oxygen atoms in total. The average Bonchev–Trinajstić information content (AvgIpc) is 0.755. The lowest BCUT2D eigenvalue weighted by Crippen LogP contribution is -2.69. The van der Waals surface area contributed by atoms with Gasteiger partial charge < -0.3 is 51.3 Å². The quantitative estimate of drug-likeness (QED) is 0.0816. The number of anilines is 2. The van der Waals surface area contributed by atoms with Gasteiger partial charge in [0.05, 0.1) is 63.7 Å². The predicted octanol–water partition coefficient (Wildman–Crippen LogP) is 14.6. The molecule has 10 aliphatic carbocycles. The van der Waals surface area contributed by atoms with Crippen molar-refractivity contribution in [1.82, 2.24) is 51.5 Å². The largest absolute Gasteiger partial charge is 0.481 e. The maximum absolute atomic E-state index is 13.5. The normalized spacial score (nSPS) is 44.1. The number of nitrogens with zero attached hydrogens (tertiary/aromatic N) is 7. The lowest BCUT2D eigenvalue weighted by atomic mass is 9.34. The van der Waals surface area contributed by atoms with Crippen LogP contribution in [-0.4, -0.2) is 140 Å². The van der Waals surface area contributed by atoms with E-state index in [1.165, 1.54) is 69.8 Å². The highest BCUT2D eigenvalue weighted by Crippen LogP contribution is 2.78. The Morgan fingerprint density at radius 2 is 1.04 bits per heavy atom. The van der Waals surface area contributed by atoms with Gasteiger partial charge in [-0.15, -0.1) is 10.2 Å². The fraction of sp³-hybridized carbons (Fsp3) is 0.900. The van der Waals surface area contributed by atoms with Crippen LogP contribution in [0.15, 0.2) is 23.3 Å². The number of hydrogen-bond acceptors (Lipinski definition) is 16. The summed E-state index contributed by atoms with van der Waals surface area (Å²) in [6, 6.07) is -0.137. The van der Waals surface area contributed by atoms with Crippen LogP contribution in [0.4, 0.5) is 11.9 Å². The van der Waals surface area contributed by atoms with Gasteiger partial charge in [0, 0.05) is 32.7 Å². The van der Waals surface area contributed by atoms with Gasteiger partial charge in [-0.3, -0.25) is 9.59 Å². The summed E-state index contributed by atoms with van der Waals surface area (Å²) in [5.41, 5.74) is 12.7. The molecule has 0 aromatic carbocycles. The second-order valence-corrected chi connectivity index (χ2v) is 38.0. The van der Waals surface area contributed by atoms with Gasteiger partial charge in [0.2, 0.25) is 0 Å². The zero-order chi connectivity index (χ0) is 71.5. The third kappa shape index (κ3) is 11.8. The molecular formula is C80H136N12O8. The van der Waals surface area contributed by atoms with Gasteiger partial charge >= 0.3 is 11.9 Å². The Hall–Kier alpha value is -4.08. The molecule has 0 spiro atoms. The first kappa shape index (κ1) is 77.0. The van der Waals surface area contributed by atoms with Crippen molar-refractivity contribution in [3.8, 4) is 0 Å². The Morgan fingerprint density at radius 3 is 1.42 bits per heavy atom. The SMILES string of the molecule is C.CNC1(CO[C@H]2[C@H](C)C[C@@]34COC[C@]2(C)[C@@H]3CC[C@H]2C4=CC[C@@]3(C)[C@H](C(=O)O)[C@@](C)([C@H](C)C(C)C)CC[C@]23C)CCCCC1.CNC1(CO[C@H]2[C@H](n3nnc(N)n3)C[C@@]34COC[C@]2(C)[C@@H]3CC[C@H]2C4=CC[C@@]3(C)[C@H](C(=O)O)[C@@](C)([C@H](C)C(C)C)CC[C@]23C)CCCCC1.Nc1nn[nH]n1. The van der Waals surface area contributed by atoms with Gasteiger partial charge in [0.25, 0.3) is 11.9 Å². The number of aromatic nitrogens is 8. The van der Waals surface area contributed by atoms with E-state index in [-0.39, 0.29) is 109 Å². The molecule has 2 saturated heterocycles. The van der Waals surface area contributed by atoms with E-state index in [9.17, 15) is 19.8 Å². The number of carboxylic acid groups (broad SMARTS) is 2. The first-order valence-electron chi connectivity index (χ1n) is 39.3. The number of fused-ring (bicyclic) bond motifs is 6. The first-order chi connectivity index (χ1) is 46.6. The monoisotopic (exact) mass is 1390 g/mol. The summed E-state index contributed by atoms with van der Waals surface area (Å²) in [6.07, 6.45) is 29.7. The van der Waals surface area contributed by atoms with E-state index in [1.54, 1.807) is 10.4 Å². The van der Waals surface area contributed by atoms with Crippen LogP contribution in [0.3, 0.4) is 0 Å². The molecule has 2 aromatic heterocycles. The molecule has 20 heteroatoms. The van der Waals surface area contributed by atoms with Gasteiger partial charge in [-0.25, -0.2) is 0 Å². The number of nitrogens with one attached hydrogen (secondary N) is 3. The topological polar surface area (TPSA) is 286 Å². The summed E-state index contributed by atoms with van der Waals surface area (Å²) < 4.78 is 27.7. The number of aliphatic carboxylic acids is 2. The summed E-state index contributed by atoms with van der Waals surface area (Å²) in [6.45, 7) is 39.6. The molecule has 8 saturated carbocycles. The smallest absolute Gasteiger partial charge is 0.307 e. The number of hydrogen-bond donors (Lipinski definition) is 7. The molecule has 12 aliphatic rings. The number of allylic oxidation sites excluding steroid dienone is 2. The van der Waals surface area contributed by atoms with Crippen LogP contribution in [0, 0.1) is 119 Å². The third-order valence-electron chi connectivity index (χ3n) is 33.3. The highest BCUT2D eigenvalue weighted by atomic mass is 16.5. The van der Waals surface area contributed by atoms with Gasteiger partial charge in [0.15, 0.2) is 0 Å². The Balaban J connectivity index is 0.000000185. The number of H-pyrrole nitrogens is 1. The maximum Gasteiger partial charge on any atom is 0.307 e. The van der Waals surface area contributed by atoms with Crippen LogP contribution in [0.2, 0.25) is 0 Å². The summed E-state index contributed by atoms with van der Waals surface area (Å²) in [4.78, 5) is 28.6. The lowest BCUT2D eigenvalue weighted by Gasteiger charge is -2.71. The van der Waals surface area contributed by atoms with E-state index in [0.29, 0.717) is 73.1 Å². The minimum atomic E-state index is -0.620. The minimum absolute atomic E-state index is 0. The van der Waals surface area contributed by atoms with Crippen molar-refractivity contribution in [3.63, 3.8) is 0 Å². The van der Waals surface area contributed by atoms with E-state index < -0.39 is 17.9 Å². The van der Waals surface area contributed by atoms with E-state index in [1.807, 2.05) is 0 Å². The number of carboxylic acids is 2. The molecule has 564 valence electrons. The van der Waals surface area contributed by atoms with Crippen molar-refractivity contribution in [3.05, 3.63) is 23.3 Å². The zero-order valence-electron chi connectivity index (χ0n) is 64.2. The van der Waals surface area contributed by atoms with Crippen molar-refractivity contribution in [2.75, 3.05) is 65.2 Å². The molecule has 4 bridgehead atoms. The predicted molar refractivity (Wildman–Crippen MR) is 392 cm³/mol. The molecule has 0 radical (unpaired) electrons. The molecule has 10 fully saturated rings. The molecule has 14 rings (SSSR count). The van der Waals surface area contributed by atoms with Crippen molar-refractivity contribution < 1.29 is 38.7 Å². The number of aromatic amines is 1. The Kier molecular flexibility index (Phi) is 21.3. The second kappa shape index (κ2) is 27.7. The number of ether oxygens (including phenoxy) is 4. The highest BCUT2D eigenvalue weighted by molar-refractivity contribution is 5.74. The van der Waals surface area contributed by atoms with Gasteiger partial charge in [-0.2, -0.15) is 10.0 Å². The van der Waals surface area contributed by atoms with Crippen LogP contribution in [0.5, 0.6) is 0 Å². The molecule has 2 aliphatic heterocycles. The minimum Gasteiger partial charge on any atom is -0.481 e. The van der Waals surface area contributed by atoms with Gasteiger partial charge in [-0.05, 0) is 213 Å². The summed E-state index contributed by atoms with van der Waals surface area (Å²) in [5, 5.41) is 54.7. The van der Waals surface area contributed by atoms with Crippen LogP contribution in [0.1, 0.15) is 259 Å². The van der Waals surface area contributed by atoms with E-state index in [2.05, 4.69) is 177 Å². The number of likely N-dealkylation sites (N-methyl/N-ethyl adjacent to an activating group) is 2. The average molecular weight is 1390 g/mol. The maximum atomic E-state index is 13.5. The second-order valence-electron chi connectivity index (χ2n) is 38.0. The van der Waals surface area contributed by atoms with Crippen molar-refractivity contribution >= 4 is 23.8 Å². The van der Waals surface area contributed by atoms with Crippen molar-refractivity contribution in [1.29, 1.82) is 0 Å². The Labute approximate surface area is 600 Å². The number of tetrazole rings is 2. The third-order valence-corrected chi connectivity index (χ3v) is 33.3. The van der Waals surface area contributed by atoms with Crippen molar-refractivity contribution in [2.45, 2.75) is 282 Å². The fourth-order valence-corrected chi connectivity index (χ4v) is 26.9. The molecular weight excluding hydrogens is 1260 g/mol. The number of carbonyl (C=O) groups is 2. The lowest BCUT2D eigenvalue weighted by molar-refractivity contribution is -0.254. The summed E-state index contributed by atoms with van der Waals surface area (Å²) >= 11 is 0. The molecule has 100 heavy (non-hydrogen) atoms. The number of rotatable bonds is 15. The van der Waals surface area contributed by atoms with Gasteiger partial charge in [0.1, 0.15) is 6.04 Å². The molecule has 2 aromatic rings. The van der Waals surface area contributed by atoms with Gasteiger partial charge in [-0.1, -0.05) is 183 Å². The zero-order valence-corrected chi connectivity index (χ0v) is 64.2. The Morgan fingerprint density at radius 1 is 0.600 bits per heavy atom. The van der Waals surface area contributed by atoms with Crippen LogP contribution in [-0.2, 0) is 28.5 Å². The summed E-state index contributed by atoms with van der Waals surface area (Å²) in [5.74, 6) is 2.14. The standard InChI is InChI=1S/C39H64N6O4.C39H65NO4.CH3N5.CH4/c1-24(2)25(3)34(4)18-19-36(6)26-12-13-29-35(5)21-48-23-39(29,27(26)14-17-37(36,7)30(34)32(46)47)20-28(45-43-33(40)42-44-45)31(35)49-22-38(41-8)15-10-9-11-16-38;1-25(2)27(4)34(5)19-20-36(7)28-13-14-30-35(6)22-43-24-39(30,29(28)15-18-37(36,8)31(34)33(41)42)21-26(3)32(35)44-23-38(40-9)16-11-10-12-17-38;2-1-3-5-6-4-1;/h14,24-26,28-31,41H,9-13,15-23H2,1-8H3,(H2,40,43)(H,46,47);15,25-28,30-32,40H,10-14,16-24H2,1-9H3,(H,41,42);(H3,2,3,4,5,6);1H4/t25-,26+,28-,29+,30-,31+,34-,35-,36-,37+,39+;26-,27-,28+,30+,31-,32+,34-,35-,36-,37+,39+;;/m11../s1. The van der Waals surface area contributed by atoms with Crippen LogP contribution in [0.25, 0.3) is 0 Å². The number of nitrogens with two attached hydrogens (primary N) is 2. The highest BCUT2D eigenvalue weighted by Gasteiger charge is 2.74. The molecule has 4 heterocycles. The molecule has 9 N–H and O–H groups in total. The fourth-order valence-electron chi connectivity index (χ4n) is 26.9. The van der Waals surface area contributed by atoms with Crippen molar-refractivity contribution in [2.24, 2.45) is 119 Å². The molecule has 22 atom stereocenters. The molecule has 0 unspecified atom stereocenters. The number of nitrogen functional groups attached to an aromatic ring is 2. The van der Waals surface area contributed by atoms with E-state index in [4.69, 9.17) is 30.4 Å². The van der Waals surface area contributed by atoms with Crippen LogP contribution >= 0.6 is 0 Å². The van der Waals surface area contributed by atoms with E-state index in [0.717, 1.165) is 96.9 Å². The first-order valence-corrected chi connectivity index (χ1v) is 39.3. The Bertz CT molecular complexity index is 3270. The van der Waals surface area contributed by atoms with Crippen LogP contribution < -0.4 is 22.1 Å². The summed E-state index contributed by atoms with van der Waals surface area (Å²) in [7, 11) is 4.22. The molecule has 0 amide bonds.